The number of hydrazine groups is 1. The average molecular weight is 374 g/mol. The van der Waals surface area contributed by atoms with Gasteiger partial charge in [-0.3, -0.25) is 20.4 Å². The SMILES string of the molecule is COc1cccc(/C=C/C(=O)OCC(=O)NNC(=O)c2ccco2)c1OC. The maximum Gasteiger partial charge on any atom is 0.331 e. The Morgan fingerprint density at radius 2 is 1.89 bits per heavy atom. The number of hydrogen-bond acceptors (Lipinski definition) is 7. The highest BCUT2D eigenvalue weighted by molar-refractivity contribution is 5.93. The molecular formula is C18H18N2O7. The molecule has 2 aromatic rings. The van der Waals surface area contributed by atoms with Gasteiger partial charge < -0.3 is 18.6 Å². The molecule has 1 aromatic carbocycles. The van der Waals surface area contributed by atoms with Gasteiger partial charge >= 0.3 is 11.9 Å². The first-order chi connectivity index (χ1) is 13.0. The van der Waals surface area contributed by atoms with Crippen molar-refractivity contribution in [3.05, 3.63) is 54.0 Å². The van der Waals surface area contributed by atoms with Gasteiger partial charge in [-0.2, -0.15) is 0 Å². The molecule has 2 N–H and O–H groups in total. The van der Waals surface area contributed by atoms with Gasteiger partial charge in [-0.1, -0.05) is 12.1 Å². The molecule has 0 fully saturated rings. The predicted octanol–water partition coefficient (Wildman–Crippen LogP) is 1.31. The molecule has 0 spiro atoms. The number of carbonyl (C=O) groups excluding carboxylic acids is 3. The number of ether oxygens (including phenoxy) is 3. The molecule has 2 rings (SSSR count). The van der Waals surface area contributed by atoms with E-state index in [1.54, 1.807) is 18.2 Å². The van der Waals surface area contributed by atoms with E-state index in [0.717, 1.165) is 6.08 Å². The van der Waals surface area contributed by atoms with E-state index in [4.69, 9.17) is 18.6 Å². The van der Waals surface area contributed by atoms with Crippen molar-refractivity contribution in [1.82, 2.24) is 10.9 Å². The van der Waals surface area contributed by atoms with Crippen LogP contribution in [0.15, 0.2) is 47.1 Å². The highest BCUT2D eigenvalue weighted by Gasteiger charge is 2.11. The van der Waals surface area contributed by atoms with Crippen LogP contribution in [0.25, 0.3) is 6.08 Å². The molecule has 0 saturated carbocycles. The third-order valence-electron chi connectivity index (χ3n) is 3.24. The van der Waals surface area contributed by atoms with Crippen molar-refractivity contribution in [3.63, 3.8) is 0 Å². The van der Waals surface area contributed by atoms with Crippen LogP contribution in [-0.4, -0.2) is 38.6 Å². The number of esters is 1. The second-order valence-electron chi connectivity index (χ2n) is 5.00. The summed E-state index contributed by atoms with van der Waals surface area (Å²) in [6.07, 6.45) is 3.94. The normalized spacial score (nSPS) is 10.3. The van der Waals surface area contributed by atoms with Crippen molar-refractivity contribution in [2.75, 3.05) is 20.8 Å². The van der Waals surface area contributed by atoms with Crippen LogP contribution in [0.3, 0.4) is 0 Å². The molecule has 0 radical (unpaired) electrons. The van der Waals surface area contributed by atoms with Crippen molar-refractivity contribution < 1.29 is 33.0 Å². The lowest BCUT2D eigenvalue weighted by atomic mass is 10.1. The number of para-hydroxylation sites is 1. The molecule has 9 heteroatoms. The van der Waals surface area contributed by atoms with Gasteiger partial charge in [0.1, 0.15) is 0 Å². The molecule has 27 heavy (non-hydrogen) atoms. The predicted molar refractivity (Wildman–Crippen MR) is 93.9 cm³/mol. The molecule has 0 aliphatic heterocycles. The van der Waals surface area contributed by atoms with Gasteiger partial charge in [-0.05, 0) is 24.3 Å². The number of hydrogen-bond donors (Lipinski definition) is 2. The van der Waals surface area contributed by atoms with Crippen LogP contribution in [0, 0.1) is 0 Å². The third kappa shape index (κ3) is 5.63. The molecule has 0 bridgehead atoms. The Balaban J connectivity index is 1.81. The smallest absolute Gasteiger partial charge is 0.331 e. The van der Waals surface area contributed by atoms with Gasteiger partial charge in [0.25, 0.3) is 5.91 Å². The van der Waals surface area contributed by atoms with Crippen LogP contribution in [0.4, 0.5) is 0 Å². The average Bonchev–Trinajstić information content (AvgIpc) is 3.23. The number of benzene rings is 1. The van der Waals surface area contributed by atoms with E-state index in [2.05, 4.69) is 10.9 Å². The Kier molecular flexibility index (Phi) is 7.00. The highest BCUT2D eigenvalue weighted by atomic mass is 16.5. The van der Waals surface area contributed by atoms with E-state index < -0.39 is 24.4 Å². The summed E-state index contributed by atoms with van der Waals surface area (Å²) < 4.78 is 20.1. The summed E-state index contributed by atoms with van der Waals surface area (Å²) in [7, 11) is 2.98. The van der Waals surface area contributed by atoms with Crippen LogP contribution in [0.1, 0.15) is 16.1 Å². The molecule has 1 heterocycles. The summed E-state index contributed by atoms with van der Waals surface area (Å²) >= 11 is 0. The van der Waals surface area contributed by atoms with E-state index in [1.165, 1.54) is 38.7 Å². The Bertz CT molecular complexity index is 828. The standard InChI is InChI=1S/C18H18N2O7/c1-24-13-6-3-5-12(17(13)25-2)8-9-16(22)27-11-15(21)19-20-18(23)14-7-4-10-26-14/h3-10H,11H2,1-2H3,(H,19,21)(H,20,23)/b9-8+. The quantitative estimate of drug-likeness (QED) is 0.426. The number of rotatable bonds is 7. The molecular weight excluding hydrogens is 356 g/mol. The number of carbonyl (C=O) groups is 3. The minimum Gasteiger partial charge on any atom is -0.493 e. The van der Waals surface area contributed by atoms with Gasteiger partial charge in [0, 0.05) is 11.6 Å². The zero-order chi connectivity index (χ0) is 19.6. The van der Waals surface area contributed by atoms with Crippen molar-refractivity contribution in [3.8, 4) is 11.5 Å². The van der Waals surface area contributed by atoms with Crippen LogP contribution < -0.4 is 20.3 Å². The first-order valence-electron chi connectivity index (χ1n) is 7.73. The third-order valence-corrected chi connectivity index (χ3v) is 3.24. The summed E-state index contributed by atoms with van der Waals surface area (Å²) in [5, 5.41) is 0. The Labute approximate surface area is 154 Å². The summed E-state index contributed by atoms with van der Waals surface area (Å²) in [6.45, 7) is -0.573. The van der Waals surface area contributed by atoms with Crippen LogP contribution in [0.5, 0.6) is 11.5 Å². The van der Waals surface area contributed by atoms with Crippen molar-refractivity contribution in [2.45, 2.75) is 0 Å². The lowest BCUT2D eigenvalue weighted by molar-refractivity contribution is -0.144. The zero-order valence-corrected chi connectivity index (χ0v) is 14.7. The number of furan rings is 1. The summed E-state index contributed by atoms with van der Waals surface area (Å²) in [5.74, 6) is -1.09. The lowest BCUT2D eigenvalue weighted by Gasteiger charge is -2.09. The van der Waals surface area contributed by atoms with Crippen LogP contribution >= 0.6 is 0 Å². The van der Waals surface area contributed by atoms with E-state index in [0.29, 0.717) is 17.1 Å². The fourth-order valence-electron chi connectivity index (χ4n) is 2.02. The molecule has 0 aliphatic carbocycles. The van der Waals surface area contributed by atoms with Crippen molar-refractivity contribution in [1.29, 1.82) is 0 Å². The number of methoxy groups -OCH3 is 2. The highest BCUT2D eigenvalue weighted by Crippen LogP contribution is 2.31. The Morgan fingerprint density at radius 3 is 2.56 bits per heavy atom. The first-order valence-corrected chi connectivity index (χ1v) is 7.73. The van der Waals surface area contributed by atoms with Crippen LogP contribution in [-0.2, 0) is 14.3 Å². The van der Waals surface area contributed by atoms with Crippen LogP contribution in [0.2, 0.25) is 0 Å². The van der Waals surface area contributed by atoms with Crippen molar-refractivity contribution in [2.24, 2.45) is 0 Å². The maximum atomic E-state index is 11.7. The van der Waals surface area contributed by atoms with Gasteiger partial charge in [-0.15, -0.1) is 0 Å². The maximum absolute atomic E-state index is 11.7. The molecule has 0 atom stereocenters. The zero-order valence-electron chi connectivity index (χ0n) is 14.7. The topological polar surface area (TPSA) is 116 Å². The van der Waals surface area contributed by atoms with Gasteiger partial charge in [-0.25, -0.2) is 4.79 Å². The molecule has 0 saturated heterocycles. The second kappa shape index (κ2) is 9.66. The van der Waals surface area contributed by atoms with E-state index in [9.17, 15) is 14.4 Å². The monoisotopic (exact) mass is 374 g/mol. The molecule has 1 aromatic heterocycles. The van der Waals surface area contributed by atoms with Gasteiger partial charge in [0.15, 0.2) is 23.9 Å². The second-order valence-corrected chi connectivity index (χ2v) is 5.00. The number of amides is 2. The largest absolute Gasteiger partial charge is 0.493 e. The summed E-state index contributed by atoms with van der Waals surface area (Å²) in [6, 6.07) is 8.14. The van der Waals surface area contributed by atoms with E-state index in [1.807, 2.05) is 0 Å². The molecule has 0 unspecified atom stereocenters. The van der Waals surface area contributed by atoms with Crippen molar-refractivity contribution >= 4 is 23.9 Å². The minimum atomic E-state index is -0.743. The fraction of sp³-hybridized carbons (Fsp3) is 0.167. The van der Waals surface area contributed by atoms with E-state index in [-0.39, 0.29) is 5.76 Å². The first kappa shape index (κ1) is 19.6. The summed E-state index contributed by atoms with van der Waals surface area (Å²) in [4.78, 5) is 34.9. The van der Waals surface area contributed by atoms with Gasteiger partial charge in [0.05, 0.1) is 20.5 Å². The molecule has 142 valence electrons. The lowest BCUT2D eigenvalue weighted by Crippen LogP contribution is -2.43. The molecule has 9 nitrogen and oxygen atoms in total. The fourth-order valence-corrected chi connectivity index (χ4v) is 2.02. The van der Waals surface area contributed by atoms with Gasteiger partial charge in [0.2, 0.25) is 0 Å². The van der Waals surface area contributed by atoms with E-state index >= 15 is 0 Å². The number of nitrogens with one attached hydrogen (secondary N) is 2. The minimum absolute atomic E-state index is 0.0301. The molecule has 0 aliphatic rings. The Morgan fingerprint density at radius 1 is 1.07 bits per heavy atom. The molecule has 2 amide bonds. The summed E-state index contributed by atoms with van der Waals surface area (Å²) in [5.41, 5.74) is 4.82. The Hall–Kier alpha value is -3.75.